The van der Waals surface area contributed by atoms with Crippen LogP contribution in [0.15, 0.2) is 53.4 Å². The standard InChI is InChI=1S/C21H26N2O6S/c1-28-14-13-23-30(26,27)17-9-7-16(8-10-17)15-22-21(25)12-11-19(24)18-5-3-4-6-20(18)29-2/h3-10,23H,11-15H2,1-2H3,(H,22,25). The fourth-order valence-electron chi connectivity index (χ4n) is 2.67. The molecule has 0 unspecified atom stereocenters. The summed E-state index contributed by atoms with van der Waals surface area (Å²) in [6, 6.07) is 13.1. The van der Waals surface area contributed by atoms with E-state index < -0.39 is 10.0 Å². The third-order valence-corrected chi connectivity index (χ3v) is 5.79. The molecule has 0 radical (unpaired) electrons. The van der Waals surface area contributed by atoms with Crippen LogP contribution in [-0.2, 0) is 26.1 Å². The number of carbonyl (C=O) groups is 2. The van der Waals surface area contributed by atoms with Crippen molar-refractivity contribution in [2.45, 2.75) is 24.3 Å². The first kappa shape index (κ1) is 23.5. The number of Topliss-reactive ketones (excluding diaryl/α,β-unsaturated/α-hetero) is 1. The van der Waals surface area contributed by atoms with E-state index in [4.69, 9.17) is 9.47 Å². The highest BCUT2D eigenvalue weighted by atomic mass is 32.2. The number of rotatable bonds is 12. The number of sulfonamides is 1. The number of hydrogen-bond acceptors (Lipinski definition) is 6. The Morgan fingerprint density at radius 3 is 2.33 bits per heavy atom. The van der Waals surface area contributed by atoms with E-state index in [0.717, 1.165) is 5.56 Å². The van der Waals surface area contributed by atoms with E-state index in [1.54, 1.807) is 36.4 Å². The van der Waals surface area contributed by atoms with E-state index in [-0.39, 0.29) is 49.1 Å². The van der Waals surface area contributed by atoms with Crippen molar-refractivity contribution in [2.24, 2.45) is 0 Å². The predicted octanol–water partition coefficient (Wildman–Crippen LogP) is 1.90. The number of para-hydroxylation sites is 1. The summed E-state index contributed by atoms with van der Waals surface area (Å²) in [5.74, 6) is 0.0453. The van der Waals surface area contributed by atoms with Gasteiger partial charge in [-0.15, -0.1) is 0 Å². The lowest BCUT2D eigenvalue weighted by atomic mass is 10.1. The van der Waals surface area contributed by atoms with Crippen molar-refractivity contribution in [2.75, 3.05) is 27.4 Å². The van der Waals surface area contributed by atoms with Crippen LogP contribution in [0.2, 0.25) is 0 Å². The number of nitrogens with one attached hydrogen (secondary N) is 2. The van der Waals surface area contributed by atoms with Gasteiger partial charge in [0.25, 0.3) is 0 Å². The van der Waals surface area contributed by atoms with Crippen molar-refractivity contribution in [3.8, 4) is 5.75 Å². The van der Waals surface area contributed by atoms with E-state index in [0.29, 0.717) is 11.3 Å². The van der Waals surface area contributed by atoms with Crippen LogP contribution in [0.1, 0.15) is 28.8 Å². The molecule has 0 bridgehead atoms. The largest absolute Gasteiger partial charge is 0.496 e. The van der Waals surface area contributed by atoms with E-state index in [2.05, 4.69) is 10.0 Å². The zero-order chi connectivity index (χ0) is 22.0. The van der Waals surface area contributed by atoms with E-state index in [1.165, 1.54) is 26.4 Å². The number of ketones is 1. The van der Waals surface area contributed by atoms with E-state index in [1.807, 2.05) is 0 Å². The summed E-state index contributed by atoms with van der Waals surface area (Å²) in [5.41, 5.74) is 1.19. The number of amides is 1. The second kappa shape index (κ2) is 11.4. The quantitative estimate of drug-likeness (QED) is 0.390. The number of methoxy groups -OCH3 is 2. The molecule has 0 saturated carbocycles. The van der Waals surface area contributed by atoms with Gasteiger partial charge >= 0.3 is 0 Å². The van der Waals surface area contributed by atoms with Gasteiger partial charge in [-0.05, 0) is 29.8 Å². The van der Waals surface area contributed by atoms with Crippen LogP contribution in [0.5, 0.6) is 5.75 Å². The topological polar surface area (TPSA) is 111 Å². The maximum atomic E-state index is 12.3. The smallest absolute Gasteiger partial charge is 0.240 e. The van der Waals surface area contributed by atoms with Crippen LogP contribution in [0.25, 0.3) is 0 Å². The summed E-state index contributed by atoms with van der Waals surface area (Å²) in [5, 5.41) is 2.73. The van der Waals surface area contributed by atoms with Crippen molar-refractivity contribution in [1.29, 1.82) is 0 Å². The van der Waals surface area contributed by atoms with Crippen molar-refractivity contribution in [3.63, 3.8) is 0 Å². The Kier molecular flexibility index (Phi) is 8.97. The Morgan fingerprint density at radius 1 is 0.967 bits per heavy atom. The molecular formula is C21H26N2O6S. The fourth-order valence-corrected chi connectivity index (χ4v) is 3.69. The number of ether oxygens (including phenoxy) is 2. The Hall–Kier alpha value is -2.75. The number of benzene rings is 2. The van der Waals surface area contributed by atoms with Crippen LogP contribution < -0.4 is 14.8 Å². The van der Waals surface area contributed by atoms with Crippen molar-refractivity contribution in [1.82, 2.24) is 10.0 Å². The van der Waals surface area contributed by atoms with Crippen LogP contribution in [-0.4, -0.2) is 47.5 Å². The lowest BCUT2D eigenvalue weighted by Gasteiger charge is -2.09. The lowest BCUT2D eigenvalue weighted by molar-refractivity contribution is -0.121. The van der Waals surface area contributed by atoms with Gasteiger partial charge in [-0.25, -0.2) is 13.1 Å². The molecule has 9 heteroatoms. The monoisotopic (exact) mass is 434 g/mol. The third-order valence-electron chi connectivity index (χ3n) is 4.31. The van der Waals surface area contributed by atoms with E-state index in [9.17, 15) is 18.0 Å². The van der Waals surface area contributed by atoms with Crippen LogP contribution in [0, 0.1) is 0 Å². The third kappa shape index (κ3) is 6.94. The van der Waals surface area contributed by atoms with Gasteiger partial charge in [-0.1, -0.05) is 24.3 Å². The van der Waals surface area contributed by atoms with Gasteiger partial charge < -0.3 is 14.8 Å². The molecule has 2 aromatic carbocycles. The fraction of sp³-hybridized carbons (Fsp3) is 0.333. The molecule has 0 heterocycles. The Balaban J connectivity index is 1.82. The minimum atomic E-state index is -3.60. The molecule has 0 atom stereocenters. The summed E-state index contributed by atoms with van der Waals surface area (Å²) < 4.78 is 36.7. The molecule has 2 aromatic rings. The average Bonchev–Trinajstić information content (AvgIpc) is 2.76. The van der Waals surface area contributed by atoms with Crippen molar-refractivity contribution in [3.05, 3.63) is 59.7 Å². The van der Waals surface area contributed by atoms with Gasteiger partial charge in [0.05, 0.1) is 24.2 Å². The van der Waals surface area contributed by atoms with Crippen molar-refractivity contribution < 1.29 is 27.5 Å². The maximum absolute atomic E-state index is 12.3. The Bertz CT molecular complexity index is 958. The molecule has 0 spiro atoms. The molecule has 8 nitrogen and oxygen atoms in total. The number of carbonyl (C=O) groups excluding carboxylic acids is 2. The molecule has 162 valence electrons. The number of hydrogen-bond donors (Lipinski definition) is 2. The SMILES string of the molecule is COCCNS(=O)(=O)c1ccc(CNC(=O)CCC(=O)c2ccccc2OC)cc1. The highest BCUT2D eigenvalue weighted by molar-refractivity contribution is 7.89. The van der Waals surface area contributed by atoms with E-state index >= 15 is 0 Å². The molecule has 0 aliphatic rings. The summed E-state index contributed by atoms with van der Waals surface area (Å²) in [4.78, 5) is 24.5. The lowest BCUT2D eigenvalue weighted by Crippen LogP contribution is -2.27. The first-order valence-corrected chi connectivity index (χ1v) is 10.9. The van der Waals surface area contributed by atoms with Crippen LogP contribution in [0.3, 0.4) is 0 Å². The highest BCUT2D eigenvalue weighted by Crippen LogP contribution is 2.19. The summed E-state index contributed by atoms with van der Waals surface area (Å²) in [7, 11) is -0.613. The molecule has 0 aromatic heterocycles. The van der Waals surface area contributed by atoms with Crippen molar-refractivity contribution >= 4 is 21.7 Å². The van der Waals surface area contributed by atoms with Gasteiger partial charge in [0.2, 0.25) is 15.9 Å². The highest BCUT2D eigenvalue weighted by Gasteiger charge is 2.14. The predicted molar refractivity (Wildman–Crippen MR) is 112 cm³/mol. The Morgan fingerprint density at radius 2 is 1.67 bits per heavy atom. The van der Waals surface area contributed by atoms with Crippen LogP contribution >= 0.6 is 0 Å². The summed E-state index contributed by atoms with van der Waals surface area (Å²) in [6.07, 6.45) is 0.114. The molecule has 2 rings (SSSR count). The summed E-state index contributed by atoms with van der Waals surface area (Å²) in [6.45, 7) is 0.701. The molecule has 0 fully saturated rings. The molecule has 1 amide bonds. The molecule has 2 N–H and O–H groups in total. The van der Waals surface area contributed by atoms with Gasteiger partial charge in [0.1, 0.15) is 5.75 Å². The molecule has 30 heavy (non-hydrogen) atoms. The van der Waals surface area contributed by atoms with Gasteiger partial charge in [-0.2, -0.15) is 0 Å². The molecule has 0 saturated heterocycles. The Labute approximate surface area is 176 Å². The minimum absolute atomic E-state index is 0.0484. The average molecular weight is 435 g/mol. The molecule has 0 aliphatic carbocycles. The first-order valence-electron chi connectivity index (χ1n) is 9.38. The van der Waals surface area contributed by atoms with Gasteiger partial charge in [0, 0.05) is 33.0 Å². The zero-order valence-corrected chi connectivity index (χ0v) is 17.8. The second-order valence-electron chi connectivity index (χ2n) is 6.43. The first-order chi connectivity index (χ1) is 14.4. The molecule has 0 aliphatic heterocycles. The zero-order valence-electron chi connectivity index (χ0n) is 17.0. The molecular weight excluding hydrogens is 408 g/mol. The summed E-state index contributed by atoms with van der Waals surface area (Å²) >= 11 is 0. The van der Waals surface area contributed by atoms with Gasteiger partial charge in [-0.3, -0.25) is 9.59 Å². The normalized spacial score (nSPS) is 11.1. The van der Waals surface area contributed by atoms with Gasteiger partial charge in [0.15, 0.2) is 5.78 Å². The maximum Gasteiger partial charge on any atom is 0.240 e. The minimum Gasteiger partial charge on any atom is -0.496 e. The van der Waals surface area contributed by atoms with Crippen LogP contribution in [0.4, 0.5) is 0 Å². The second-order valence-corrected chi connectivity index (χ2v) is 8.20.